The Labute approximate surface area is 102 Å². The minimum Gasteiger partial charge on any atom is -0.330 e. The number of nitrogens with one attached hydrogen (secondary N) is 1. The highest BCUT2D eigenvalue weighted by molar-refractivity contribution is 6.30. The van der Waals surface area contributed by atoms with Crippen LogP contribution in [0.2, 0.25) is 5.02 Å². The molecule has 1 saturated carbocycles. The lowest BCUT2D eigenvalue weighted by atomic mass is 9.69. The summed E-state index contributed by atoms with van der Waals surface area (Å²) in [5, 5.41) is 4.28. The molecule has 0 heterocycles. The Bertz CT molecular complexity index is 325. The van der Waals surface area contributed by atoms with E-state index in [4.69, 9.17) is 17.3 Å². The van der Waals surface area contributed by atoms with E-state index in [0.717, 1.165) is 24.7 Å². The first-order valence-corrected chi connectivity index (χ1v) is 6.27. The fourth-order valence-corrected chi connectivity index (χ4v) is 2.33. The van der Waals surface area contributed by atoms with Crippen LogP contribution in [0.4, 0.5) is 0 Å². The summed E-state index contributed by atoms with van der Waals surface area (Å²) in [6.07, 6.45) is 3.88. The van der Waals surface area contributed by atoms with Gasteiger partial charge in [0.2, 0.25) is 0 Å². The summed E-state index contributed by atoms with van der Waals surface area (Å²) in [5.41, 5.74) is 7.47. The van der Waals surface area contributed by atoms with Crippen LogP contribution in [0.1, 0.15) is 24.8 Å². The Morgan fingerprint density at radius 3 is 2.44 bits per heavy atom. The van der Waals surface area contributed by atoms with Crippen molar-refractivity contribution < 1.29 is 0 Å². The largest absolute Gasteiger partial charge is 0.330 e. The van der Waals surface area contributed by atoms with Crippen LogP contribution in [-0.4, -0.2) is 13.1 Å². The van der Waals surface area contributed by atoms with Crippen molar-refractivity contribution in [1.29, 1.82) is 0 Å². The predicted octanol–water partition coefficient (Wildman–Crippen LogP) is 2.56. The summed E-state index contributed by atoms with van der Waals surface area (Å²) < 4.78 is 0. The molecule has 0 spiro atoms. The average molecular weight is 239 g/mol. The summed E-state index contributed by atoms with van der Waals surface area (Å²) in [6.45, 7) is 2.74. The molecule has 1 aliphatic carbocycles. The van der Waals surface area contributed by atoms with Crippen molar-refractivity contribution in [3.8, 4) is 0 Å². The van der Waals surface area contributed by atoms with E-state index in [1.54, 1.807) is 0 Å². The molecule has 0 unspecified atom stereocenters. The van der Waals surface area contributed by atoms with Gasteiger partial charge in [-0.15, -0.1) is 0 Å². The Kier molecular flexibility index (Phi) is 3.85. The molecule has 1 aromatic carbocycles. The van der Waals surface area contributed by atoms with Gasteiger partial charge in [-0.3, -0.25) is 0 Å². The summed E-state index contributed by atoms with van der Waals surface area (Å²) in [6, 6.07) is 7.98. The molecule has 0 amide bonds. The van der Waals surface area contributed by atoms with Crippen molar-refractivity contribution in [2.45, 2.75) is 25.8 Å². The van der Waals surface area contributed by atoms with Gasteiger partial charge in [-0.25, -0.2) is 0 Å². The number of hydrogen-bond donors (Lipinski definition) is 2. The maximum atomic E-state index is 5.84. The first-order valence-electron chi connectivity index (χ1n) is 5.89. The lowest BCUT2D eigenvalue weighted by Gasteiger charge is -2.41. The Morgan fingerprint density at radius 1 is 1.25 bits per heavy atom. The van der Waals surface area contributed by atoms with Gasteiger partial charge < -0.3 is 11.1 Å². The molecule has 2 rings (SSSR count). The zero-order valence-electron chi connectivity index (χ0n) is 9.51. The van der Waals surface area contributed by atoms with Crippen molar-refractivity contribution in [2.24, 2.45) is 11.1 Å². The van der Waals surface area contributed by atoms with Crippen LogP contribution in [-0.2, 0) is 6.54 Å². The zero-order chi connectivity index (χ0) is 11.4. The maximum Gasteiger partial charge on any atom is 0.0406 e. The highest BCUT2D eigenvalue weighted by Crippen LogP contribution is 2.39. The highest BCUT2D eigenvalue weighted by atomic mass is 35.5. The molecule has 1 fully saturated rings. The van der Waals surface area contributed by atoms with E-state index in [2.05, 4.69) is 17.4 Å². The molecule has 16 heavy (non-hydrogen) atoms. The van der Waals surface area contributed by atoms with Gasteiger partial charge >= 0.3 is 0 Å². The predicted molar refractivity (Wildman–Crippen MR) is 68.5 cm³/mol. The van der Waals surface area contributed by atoms with Crippen molar-refractivity contribution >= 4 is 11.6 Å². The number of halogens is 1. The summed E-state index contributed by atoms with van der Waals surface area (Å²) in [4.78, 5) is 0. The average Bonchev–Trinajstić information content (AvgIpc) is 2.25. The van der Waals surface area contributed by atoms with Gasteiger partial charge in [-0.1, -0.05) is 30.2 Å². The minimum atomic E-state index is 0.381. The van der Waals surface area contributed by atoms with Crippen LogP contribution in [0.5, 0.6) is 0 Å². The molecule has 3 heteroatoms. The van der Waals surface area contributed by atoms with Gasteiger partial charge in [0.05, 0.1) is 0 Å². The van der Waals surface area contributed by atoms with Gasteiger partial charge in [0.15, 0.2) is 0 Å². The molecule has 0 radical (unpaired) electrons. The van der Waals surface area contributed by atoms with Crippen molar-refractivity contribution in [3.63, 3.8) is 0 Å². The SMILES string of the molecule is NCC1(CNCc2ccc(Cl)cc2)CCC1. The van der Waals surface area contributed by atoms with Gasteiger partial charge in [0.25, 0.3) is 0 Å². The first kappa shape index (κ1) is 11.9. The Hall–Kier alpha value is -0.570. The molecule has 3 N–H and O–H groups in total. The van der Waals surface area contributed by atoms with Crippen LogP contribution in [0, 0.1) is 5.41 Å². The van der Waals surface area contributed by atoms with E-state index < -0.39 is 0 Å². The third-order valence-corrected chi connectivity index (χ3v) is 3.84. The Morgan fingerprint density at radius 2 is 1.94 bits per heavy atom. The molecule has 1 aromatic rings. The molecule has 88 valence electrons. The number of nitrogens with two attached hydrogens (primary N) is 1. The molecular weight excluding hydrogens is 220 g/mol. The molecule has 0 atom stereocenters. The smallest absolute Gasteiger partial charge is 0.0406 e. The van der Waals surface area contributed by atoms with Crippen LogP contribution >= 0.6 is 11.6 Å². The molecule has 1 aliphatic rings. The van der Waals surface area contributed by atoms with E-state index in [1.807, 2.05) is 12.1 Å². The number of rotatable bonds is 5. The third kappa shape index (κ3) is 2.76. The standard InChI is InChI=1S/C13H19ClN2/c14-12-4-2-11(3-5-12)8-16-10-13(9-15)6-1-7-13/h2-5,16H,1,6-10,15H2. The van der Waals surface area contributed by atoms with E-state index >= 15 is 0 Å². The van der Waals surface area contributed by atoms with Crippen LogP contribution in [0.15, 0.2) is 24.3 Å². The quantitative estimate of drug-likeness (QED) is 0.828. The van der Waals surface area contributed by atoms with Gasteiger partial charge in [0.1, 0.15) is 0 Å². The van der Waals surface area contributed by atoms with Gasteiger partial charge in [-0.05, 0) is 42.5 Å². The van der Waals surface area contributed by atoms with E-state index in [-0.39, 0.29) is 0 Å². The zero-order valence-corrected chi connectivity index (χ0v) is 10.3. The summed E-state index contributed by atoms with van der Waals surface area (Å²) in [5.74, 6) is 0. The summed E-state index contributed by atoms with van der Waals surface area (Å²) >= 11 is 5.84. The number of benzene rings is 1. The van der Waals surface area contributed by atoms with Crippen molar-refractivity contribution in [1.82, 2.24) is 5.32 Å². The van der Waals surface area contributed by atoms with Crippen LogP contribution in [0.3, 0.4) is 0 Å². The molecular formula is C13H19ClN2. The molecule has 0 aliphatic heterocycles. The second-order valence-corrected chi connectivity index (χ2v) is 5.22. The highest BCUT2D eigenvalue weighted by Gasteiger charge is 2.34. The first-order chi connectivity index (χ1) is 7.74. The van der Waals surface area contributed by atoms with E-state index in [0.29, 0.717) is 5.41 Å². The van der Waals surface area contributed by atoms with Crippen molar-refractivity contribution in [3.05, 3.63) is 34.9 Å². The normalized spacial score (nSPS) is 18.1. The second-order valence-electron chi connectivity index (χ2n) is 4.79. The van der Waals surface area contributed by atoms with Gasteiger partial charge in [-0.2, -0.15) is 0 Å². The molecule has 0 aromatic heterocycles. The fraction of sp³-hybridized carbons (Fsp3) is 0.538. The minimum absolute atomic E-state index is 0.381. The summed E-state index contributed by atoms with van der Waals surface area (Å²) in [7, 11) is 0. The lowest BCUT2D eigenvalue weighted by Crippen LogP contribution is -2.45. The third-order valence-electron chi connectivity index (χ3n) is 3.59. The molecule has 0 saturated heterocycles. The van der Waals surface area contributed by atoms with Crippen LogP contribution in [0.25, 0.3) is 0 Å². The fourth-order valence-electron chi connectivity index (χ4n) is 2.20. The maximum absolute atomic E-state index is 5.84. The lowest BCUT2D eigenvalue weighted by molar-refractivity contribution is 0.141. The molecule has 2 nitrogen and oxygen atoms in total. The monoisotopic (exact) mass is 238 g/mol. The molecule has 0 bridgehead atoms. The van der Waals surface area contributed by atoms with E-state index in [1.165, 1.54) is 24.8 Å². The Balaban J connectivity index is 1.77. The van der Waals surface area contributed by atoms with E-state index in [9.17, 15) is 0 Å². The van der Waals surface area contributed by atoms with Crippen LogP contribution < -0.4 is 11.1 Å². The topological polar surface area (TPSA) is 38.0 Å². The van der Waals surface area contributed by atoms with Crippen molar-refractivity contribution in [2.75, 3.05) is 13.1 Å². The second kappa shape index (κ2) is 5.17. The van der Waals surface area contributed by atoms with Gasteiger partial charge in [0, 0.05) is 18.1 Å². The number of hydrogen-bond acceptors (Lipinski definition) is 2.